The van der Waals surface area contributed by atoms with Gasteiger partial charge < -0.3 is 5.32 Å². The van der Waals surface area contributed by atoms with Crippen LogP contribution in [0.15, 0.2) is 40.3 Å². The molecule has 0 saturated carbocycles. The molecule has 0 unspecified atom stereocenters. The number of aromatic nitrogens is 4. The number of pyridine rings is 2. The van der Waals surface area contributed by atoms with Crippen molar-refractivity contribution in [3.05, 3.63) is 46.6 Å². The van der Waals surface area contributed by atoms with E-state index < -0.39 is 27.3 Å². The molecule has 0 aromatic carbocycles. The average Bonchev–Trinajstić information content (AvgIpc) is 2.96. The van der Waals surface area contributed by atoms with Crippen LogP contribution < -0.4 is 11.0 Å². The van der Waals surface area contributed by atoms with Gasteiger partial charge in [-0.15, -0.1) is 5.10 Å². The van der Waals surface area contributed by atoms with Crippen molar-refractivity contribution >= 4 is 21.2 Å². The lowest BCUT2D eigenvalue weighted by Crippen LogP contribution is -2.23. The molecule has 0 spiro atoms. The number of nitrogens with one attached hydrogen (secondary N) is 1. The van der Waals surface area contributed by atoms with Gasteiger partial charge in [0.2, 0.25) is 0 Å². The first kappa shape index (κ1) is 18.9. The molecular weight excluding hydrogens is 387 g/mol. The molecule has 0 aliphatic carbocycles. The van der Waals surface area contributed by atoms with Gasteiger partial charge in [-0.3, -0.25) is 0 Å². The molecular formula is C15H14F3N5O3S. The van der Waals surface area contributed by atoms with Crippen molar-refractivity contribution in [1.82, 2.24) is 19.2 Å². The van der Waals surface area contributed by atoms with Crippen molar-refractivity contribution in [3.63, 3.8) is 0 Å². The van der Waals surface area contributed by atoms with Gasteiger partial charge in [-0.25, -0.2) is 22.6 Å². The minimum atomic E-state index is -4.61. The van der Waals surface area contributed by atoms with Gasteiger partial charge in [0.1, 0.15) is 4.90 Å². The highest BCUT2D eigenvalue weighted by molar-refractivity contribution is 7.91. The Hall–Kier alpha value is -2.89. The predicted octanol–water partition coefficient (Wildman–Crippen LogP) is 1.73. The Labute approximate surface area is 151 Å². The molecule has 0 amide bonds. The van der Waals surface area contributed by atoms with Gasteiger partial charge in [0, 0.05) is 13.2 Å². The fourth-order valence-corrected chi connectivity index (χ4v) is 3.44. The number of rotatable bonds is 4. The van der Waals surface area contributed by atoms with Crippen LogP contribution in [0.4, 0.5) is 18.9 Å². The molecule has 0 bridgehead atoms. The smallest absolute Gasteiger partial charge is 0.387 e. The summed E-state index contributed by atoms with van der Waals surface area (Å²) in [6.45, 7) is 1.42. The zero-order chi connectivity index (χ0) is 20.0. The highest BCUT2D eigenvalue weighted by Gasteiger charge is 2.31. The van der Waals surface area contributed by atoms with E-state index in [0.29, 0.717) is 16.4 Å². The van der Waals surface area contributed by atoms with E-state index in [1.165, 1.54) is 19.2 Å². The monoisotopic (exact) mass is 401 g/mol. The van der Waals surface area contributed by atoms with E-state index in [-0.39, 0.29) is 22.1 Å². The number of nitrogens with zero attached hydrogens (tertiary/aromatic N) is 4. The van der Waals surface area contributed by atoms with Gasteiger partial charge in [-0.1, -0.05) is 6.92 Å². The normalized spacial score (nSPS) is 12.5. The zero-order valence-corrected chi connectivity index (χ0v) is 15.0. The van der Waals surface area contributed by atoms with E-state index in [0.717, 1.165) is 16.7 Å². The lowest BCUT2D eigenvalue weighted by molar-refractivity contribution is -0.137. The summed E-state index contributed by atoms with van der Waals surface area (Å²) in [6, 6.07) is 2.73. The number of halogens is 3. The standard InChI is InChI=1S/C15H14F3N5O3S/c1-3-27(25,26)11-7-10(19-2)8-20-13(11)23-14(24)22-5-4-9(15(16,17)18)6-12(22)21-23/h4-8,19H,3H2,1-2H3. The van der Waals surface area contributed by atoms with Gasteiger partial charge in [0.05, 0.1) is 23.2 Å². The molecule has 1 N–H and O–H groups in total. The van der Waals surface area contributed by atoms with Gasteiger partial charge in [-0.2, -0.15) is 17.9 Å². The quantitative estimate of drug-likeness (QED) is 0.715. The summed E-state index contributed by atoms with van der Waals surface area (Å²) in [5.41, 5.74) is -1.71. The first-order chi connectivity index (χ1) is 12.6. The van der Waals surface area contributed by atoms with Crippen LogP contribution >= 0.6 is 0 Å². The second-order valence-electron chi connectivity index (χ2n) is 5.53. The molecule has 3 aromatic rings. The van der Waals surface area contributed by atoms with Crippen LogP contribution in [-0.4, -0.2) is 40.4 Å². The molecule has 3 heterocycles. The van der Waals surface area contributed by atoms with Crippen molar-refractivity contribution < 1.29 is 21.6 Å². The summed E-state index contributed by atoms with van der Waals surface area (Å²) in [5, 5.41) is 6.58. The lowest BCUT2D eigenvalue weighted by atomic mass is 10.2. The summed E-state index contributed by atoms with van der Waals surface area (Å²) in [7, 11) is -2.22. The molecule has 144 valence electrons. The Morgan fingerprint density at radius 1 is 1.26 bits per heavy atom. The molecule has 3 rings (SSSR count). The zero-order valence-electron chi connectivity index (χ0n) is 14.1. The third-order valence-electron chi connectivity index (χ3n) is 3.89. The molecule has 0 fully saturated rings. The van der Waals surface area contributed by atoms with E-state index in [9.17, 15) is 26.4 Å². The van der Waals surface area contributed by atoms with Crippen molar-refractivity contribution in [2.75, 3.05) is 18.1 Å². The number of fused-ring (bicyclic) bond motifs is 1. The second-order valence-corrected chi connectivity index (χ2v) is 7.78. The van der Waals surface area contributed by atoms with E-state index in [1.54, 1.807) is 7.05 Å². The van der Waals surface area contributed by atoms with E-state index in [2.05, 4.69) is 15.4 Å². The highest BCUT2D eigenvalue weighted by Crippen LogP contribution is 2.29. The first-order valence-corrected chi connectivity index (χ1v) is 9.33. The van der Waals surface area contributed by atoms with Crippen LogP contribution in [0.1, 0.15) is 12.5 Å². The molecule has 0 aliphatic heterocycles. The maximum absolute atomic E-state index is 12.9. The summed E-state index contributed by atoms with van der Waals surface area (Å²) in [6.07, 6.45) is -2.38. The minimum Gasteiger partial charge on any atom is -0.387 e. The van der Waals surface area contributed by atoms with Gasteiger partial charge in [0.25, 0.3) is 0 Å². The number of anilines is 1. The van der Waals surface area contributed by atoms with Crippen LogP contribution in [0.2, 0.25) is 0 Å². The predicted molar refractivity (Wildman–Crippen MR) is 90.9 cm³/mol. The first-order valence-electron chi connectivity index (χ1n) is 7.68. The Morgan fingerprint density at radius 2 is 1.96 bits per heavy atom. The second kappa shape index (κ2) is 6.37. The van der Waals surface area contributed by atoms with Gasteiger partial charge in [0.15, 0.2) is 21.3 Å². The van der Waals surface area contributed by atoms with Crippen LogP contribution in [0.5, 0.6) is 0 Å². The summed E-state index contributed by atoms with van der Waals surface area (Å²) in [5.74, 6) is -0.534. The molecule has 0 aliphatic rings. The number of sulfone groups is 1. The van der Waals surface area contributed by atoms with Crippen molar-refractivity contribution in [2.45, 2.75) is 18.0 Å². The molecule has 0 radical (unpaired) electrons. The molecule has 12 heteroatoms. The minimum absolute atomic E-state index is 0.251. The maximum atomic E-state index is 12.9. The van der Waals surface area contributed by atoms with E-state index in [4.69, 9.17) is 0 Å². The number of alkyl halides is 3. The molecule has 3 aromatic heterocycles. The van der Waals surface area contributed by atoms with Crippen molar-refractivity contribution in [1.29, 1.82) is 0 Å². The van der Waals surface area contributed by atoms with Crippen LogP contribution in [0.25, 0.3) is 11.5 Å². The summed E-state index contributed by atoms with van der Waals surface area (Å²) >= 11 is 0. The average molecular weight is 401 g/mol. The van der Waals surface area contributed by atoms with Gasteiger partial charge in [-0.05, 0) is 18.2 Å². The van der Waals surface area contributed by atoms with Gasteiger partial charge >= 0.3 is 11.9 Å². The Balaban J connectivity index is 2.30. The lowest BCUT2D eigenvalue weighted by Gasteiger charge is -2.09. The fraction of sp³-hybridized carbons (Fsp3) is 0.267. The molecule has 8 nitrogen and oxygen atoms in total. The maximum Gasteiger partial charge on any atom is 0.416 e. The SMILES string of the molecule is CCS(=O)(=O)c1cc(NC)cnc1-n1nc2cc(C(F)(F)F)ccn2c1=O. The third-order valence-corrected chi connectivity index (χ3v) is 5.62. The Bertz CT molecular complexity index is 1180. The largest absolute Gasteiger partial charge is 0.416 e. The van der Waals surface area contributed by atoms with E-state index in [1.807, 2.05) is 0 Å². The van der Waals surface area contributed by atoms with Crippen LogP contribution in [0.3, 0.4) is 0 Å². The highest BCUT2D eigenvalue weighted by atomic mass is 32.2. The number of hydrogen-bond acceptors (Lipinski definition) is 6. The molecule has 0 atom stereocenters. The van der Waals surface area contributed by atoms with Crippen LogP contribution in [-0.2, 0) is 16.0 Å². The molecule has 0 saturated heterocycles. The summed E-state index contributed by atoms with van der Waals surface area (Å²) in [4.78, 5) is 16.3. The number of hydrogen-bond donors (Lipinski definition) is 1. The topological polar surface area (TPSA) is 98.4 Å². The Kier molecular flexibility index (Phi) is 4.46. The third kappa shape index (κ3) is 3.27. The molecule has 27 heavy (non-hydrogen) atoms. The van der Waals surface area contributed by atoms with E-state index >= 15 is 0 Å². The summed E-state index contributed by atoms with van der Waals surface area (Å²) < 4.78 is 65.0. The Morgan fingerprint density at radius 3 is 2.56 bits per heavy atom. The van der Waals surface area contributed by atoms with Crippen LogP contribution in [0, 0.1) is 0 Å². The van der Waals surface area contributed by atoms with Crippen molar-refractivity contribution in [2.24, 2.45) is 0 Å². The van der Waals surface area contributed by atoms with Crippen molar-refractivity contribution in [3.8, 4) is 5.82 Å². The fourth-order valence-electron chi connectivity index (χ4n) is 2.41.